The van der Waals surface area contributed by atoms with E-state index in [9.17, 15) is 5.26 Å². The maximum absolute atomic E-state index is 9.43. The van der Waals surface area contributed by atoms with Gasteiger partial charge in [0, 0.05) is 0 Å². The highest BCUT2D eigenvalue weighted by atomic mass is 14.4. The summed E-state index contributed by atoms with van der Waals surface area (Å²) in [6.45, 7) is 4.63. The van der Waals surface area contributed by atoms with Crippen LogP contribution in [0.25, 0.3) is 0 Å². The van der Waals surface area contributed by atoms with E-state index in [1.54, 1.807) is 0 Å². The predicted octanol–water partition coefficient (Wildman–Crippen LogP) is 4.92. The lowest BCUT2D eigenvalue weighted by molar-refractivity contribution is 0.151. The third-order valence-electron chi connectivity index (χ3n) is 5.33. The van der Waals surface area contributed by atoms with E-state index in [0.29, 0.717) is 0 Å². The monoisotopic (exact) mass is 233 g/mol. The summed E-state index contributed by atoms with van der Waals surface area (Å²) in [6, 6.07) is 2.61. The molecule has 0 radical (unpaired) electrons. The average molecular weight is 233 g/mol. The minimum atomic E-state index is -0.0348. The molecule has 0 saturated heterocycles. The normalized spacial score (nSPS) is 40.5. The van der Waals surface area contributed by atoms with Crippen LogP contribution in [0.5, 0.6) is 0 Å². The van der Waals surface area contributed by atoms with Gasteiger partial charge in [-0.3, -0.25) is 0 Å². The zero-order valence-corrected chi connectivity index (χ0v) is 11.5. The second kappa shape index (κ2) is 5.42. The second-order valence-corrected chi connectivity index (χ2v) is 6.81. The molecule has 2 saturated carbocycles. The quantitative estimate of drug-likeness (QED) is 0.589. The van der Waals surface area contributed by atoms with Crippen molar-refractivity contribution in [2.45, 2.75) is 71.6 Å². The fraction of sp³-hybridized carbons (Fsp3) is 0.938. The smallest absolute Gasteiger partial charge is 0.0686 e. The van der Waals surface area contributed by atoms with Gasteiger partial charge in [-0.25, -0.2) is 0 Å². The first-order valence-corrected chi connectivity index (χ1v) is 7.56. The molecule has 2 fully saturated rings. The molecule has 1 heteroatoms. The van der Waals surface area contributed by atoms with E-state index in [0.717, 1.165) is 30.6 Å². The Kier molecular flexibility index (Phi) is 4.13. The molecule has 2 rings (SSSR count). The van der Waals surface area contributed by atoms with E-state index in [1.165, 1.54) is 44.9 Å². The highest BCUT2D eigenvalue weighted by molar-refractivity contribution is 5.00. The number of nitrogens with zero attached hydrogens (tertiary/aromatic N) is 1. The summed E-state index contributed by atoms with van der Waals surface area (Å²) in [4.78, 5) is 0. The lowest BCUT2D eigenvalue weighted by Gasteiger charge is -2.36. The highest BCUT2D eigenvalue weighted by Gasteiger charge is 2.37. The van der Waals surface area contributed by atoms with Gasteiger partial charge in [0.25, 0.3) is 0 Å². The molecule has 0 heterocycles. The molecule has 3 atom stereocenters. The first kappa shape index (κ1) is 12.9. The summed E-state index contributed by atoms with van der Waals surface area (Å²) in [5.74, 6) is 2.58. The summed E-state index contributed by atoms with van der Waals surface area (Å²) in [7, 11) is 0. The van der Waals surface area contributed by atoms with Crippen molar-refractivity contribution in [3.05, 3.63) is 0 Å². The Labute approximate surface area is 107 Å². The molecule has 0 spiro atoms. The van der Waals surface area contributed by atoms with Crippen molar-refractivity contribution in [1.29, 1.82) is 5.26 Å². The number of hydrogen-bond donors (Lipinski definition) is 0. The van der Waals surface area contributed by atoms with Gasteiger partial charge in [-0.2, -0.15) is 5.26 Å². The van der Waals surface area contributed by atoms with E-state index in [4.69, 9.17) is 0 Å². The molecule has 2 aliphatic carbocycles. The van der Waals surface area contributed by atoms with Crippen LogP contribution in [0.1, 0.15) is 71.6 Å². The number of nitriles is 1. The molecule has 96 valence electrons. The SMILES string of the molecule is CC1CCC[C@@](C)(C#N)C[C@H]1C1CCCCC1. The van der Waals surface area contributed by atoms with Crippen molar-refractivity contribution in [1.82, 2.24) is 0 Å². The minimum absolute atomic E-state index is 0.0348. The third-order valence-corrected chi connectivity index (χ3v) is 5.33. The molecule has 1 nitrogen and oxygen atoms in total. The largest absolute Gasteiger partial charge is 0.198 e. The van der Waals surface area contributed by atoms with Crippen LogP contribution in [-0.2, 0) is 0 Å². The Balaban J connectivity index is 2.08. The van der Waals surface area contributed by atoms with E-state index in [-0.39, 0.29) is 5.41 Å². The molecular weight excluding hydrogens is 206 g/mol. The van der Waals surface area contributed by atoms with Crippen molar-refractivity contribution in [3.63, 3.8) is 0 Å². The van der Waals surface area contributed by atoms with Gasteiger partial charge in [0.2, 0.25) is 0 Å². The van der Waals surface area contributed by atoms with Crippen LogP contribution in [0.15, 0.2) is 0 Å². The van der Waals surface area contributed by atoms with Crippen molar-refractivity contribution in [3.8, 4) is 6.07 Å². The lowest BCUT2D eigenvalue weighted by Crippen LogP contribution is -2.27. The fourth-order valence-electron chi connectivity index (χ4n) is 4.15. The molecule has 0 bridgehead atoms. The molecule has 17 heavy (non-hydrogen) atoms. The molecule has 0 aromatic rings. The van der Waals surface area contributed by atoms with Crippen LogP contribution in [0.3, 0.4) is 0 Å². The molecule has 2 aliphatic rings. The Morgan fingerprint density at radius 1 is 1.06 bits per heavy atom. The Hall–Kier alpha value is -0.510. The molecule has 0 aromatic heterocycles. The highest BCUT2D eigenvalue weighted by Crippen LogP contribution is 2.46. The van der Waals surface area contributed by atoms with Gasteiger partial charge in [0.05, 0.1) is 11.5 Å². The first-order chi connectivity index (χ1) is 8.14. The molecule has 0 N–H and O–H groups in total. The predicted molar refractivity (Wildman–Crippen MR) is 71.4 cm³/mol. The van der Waals surface area contributed by atoms with Crippen molar-refractivity contribution >= 4 is 0 Å². The minimum Gasteiger partial charge on any atom is -0.198 e. The third kappa shape index (κ3) is 3.03. The summed E-state index contributed by atoms with van der Waals surface area (Å²) in [6.07, 6.45) is 12.0. The maximum atomic E-state index is 9.43. The summed E-state index contributed by atoms with van der Waals surface area (Å²) < 4.78 is 0. The van der Waals surface area contributed by atoms with Gasteiger partial charge in [0.1, 0.15) is 0 Å². The van der Waals surface area contributed by atoms with E-state index >= 15 is 0 Å². The van der Waals surface area contributed by atoms with Crippen molar-refractivity contribution < 1.29 is 0 Å². The Morgan fingerprint density at radius 3 is 2.41 bits per heavy atom. The first-order valence-electron chi connectivity index (χ1n) is 7.56. The summed E-state index contributed by atoms with van der Waals surface area (Å²) in [5, 5.41) is 9.43. The van der Waals surface area contributed by atoms with Gasteiger partial charge in [0.15, 0.2) is 0 Å². The molecular formula is C16H27N. The zero-order valence-electron chi connectivity index (χ0n) is 11.5. The maximum Gasteiger partial charge on any atom is 0.0686 e. The van der Waals surface area contributed by atoms with Gasteiger partial charge < -0.3 is 0 Å². The molecule has 1 unspecified atom stereocenters. The van der Waals surface area contributed by atoms with Gasteiger partial charge in [-0.15, -0.1) is 0 Å². The molecule has 0 aliphatic heterocycles. The zero-order chi connectivity index (χ0) is 12.3. The van der Waals surface area contributed by atoms with Crippen LogP contribution < -0.4 is 0 Å². The lowest BCUT2D eigenvalue weighted by atomic mass is 9.69. The number of hydrogen-bond acceptors (Lipinski definition) is 1. The molecule has 0 aromatic carbocycles. The summed E-state index contributed by atoms with van der Waals surface area (Å²) in [5.41, 5.74) is -0.0348. The Morgan fingerprint density at radius 2 is 1.76 bits per heavy atom. The van der Waals surface area contributed by atoms with Crippen LogP contribution in [0.4, 0.5) is 0 Å². The standard InChI is InChI=1S/C16H27N/c1-13-7-6-10-16(2,12-17)11-15(13)14-8-4-3-5-9-14/h13-15H,3-11H2,1-2H3/t13?,15-,16-/m1/s1. The molecule has 0 amide bonds. The Bertz CT molecular complexity index is 284. The summed E-state index contributed by atoms with van der Waals surface area (Å²) >= 11 is 0. The van der Waals surface area contributed by atoms with E-state index < -0.39 is 0 Å². The average Bonchev–Trinajstić information content (AvgIpc) is 2.51. The van der Waals surface area contributed by atoms with Crippen LogP contribution >= 0.6 is 0 Å². The van der Waals surface area contributed by atoms with Crippen LogP contribution in [-0.4, -0.2) is 0 Å². The fourth-order valence-corrected chi connectivity index (χ4v) is 4.15. The van der Waals surface area contributed by atoms with Crippen molar-refractivity contribution in [2.24, 2.45) is 23.2 Å². The van der Waals surface area contributed by atoms with Gasteiger partial charge >= 0.3 is 0 Å². The van der Waals surface area contributed by atoms with Crippen LogP contribution in [0, 0.1) is 34.5 Å². The van der Waals surface area contributed by atoms with Gasteiger partial charge in [-0.1, -0.05) is 51.9 Å². The number of rotatable bonds is 1. The van der Waals surface area contributed by atoms with E-state index in [2.05, 4.69) is 19.9 Å². The topological polar surface area (TPSA) is 23.8 Å². The van der Waals surface area contributed by atoms with Gasteiger partial charge in [-0.05, 0) is 37.5 Å². The van der Waals surface area contributed by atoms with Crippen molar-refractivity contribution in [2.75, 3.05) is 0 Å². The second-order valence-electron chi connectivity index (χ2n) is 6.81. The van der Waals surface area contributed by atoms with Crippen LogP contribution in [0.2, 0.25) is 0 Å². The van der Waals surface area contributed by atoms with E-state index in [1.807, 2.05) is 0 Å².